The van der Waals surface area contributed by atoms with Crippen LogP contribution in [-0.4, -0.2) is 38.7 Å². The zero-order valence-electron chi connectivity index (χ0n) is 14.1. The maximum atomic E-state index is 6.29. The Morgan fingerprint density at radius 1 is 1.23 bits per heavy atom. The number of benzene rings is 1. The Hall–Kier alpha value is -2.74. The topological polar surface area (TPSA) is 64.2 Å². The number of para-hydroxylation sites is 1. The Balaban J connectivity index is 1.45. The molecule has 0 saturated heterocycles. The Morgan fingerprint density at radius 2 is 2.08 bits per heavy atom. The van der Waals surface area contributed by atoms with Crippen LogP contribution in [0.15, 0.2) is 45.8 Å². The second kappa shape index (κ2) is 4.70. The SMILES string of the molecule is CC1(c2noc(N3CN=C4c5ccccc5N5CN(Cl)C=C5N43)n2)CC1. The number of fused-ring (bicyclic) bond motifs is 6. The normalized spacial score (nSPS) is 22.1. The van der Waals surface area contributed by atoms with Crippen LogP contribution >= 0.6 is 11.8 Å². The summed E-state index contributed by atoms with van der Waals surface area (Å²) in [7, 11) is 0. The number of nitrogens with zero attached hydrogens (tertiary/aromatic N) is 7. The second-order valence-electron chi connectivity index (χ2n) is 7.27. The van der Waals surface area contributed by atoms with Crippen molar-refractivity contribution in [1.82, 2.24) is 19.6 Å². The van der Waals surface area contributed by atoms with Crippen LogP contribution < -0.4 is 9.91 Å². The largest absolute Gasteiger partial charge is 0.345 e. The minimum absolute atomic E-state index is 0.0608. The third-order valence-electron chi connectivity index (χ3n) is 5.43. The molecule has 1 aliphatic carbocycles. The summed E-state index contributed by atoms with van der Waals surface area (Å²) < 4.78 is 7.22. The van der Waals surface area contributed by atoms with E-state index in [1.54, 1.807) is 4.42 Å². The molecule has 0 unspecified atom stereocenters. The molecule has 0 bridgehead atoms. The molecule has 0 amide bonds. The smallest absolute Gasteiger partial charge is 0.313 e. The number of hydrogen-bond donors (Lipinski definition) is 0. The van der Waals surface area contributed by atoms with Crippen molar-refractivity contribution in [3.63, 3.8) is 0 Å². The first-order valence-electron chi connectivity index (χ1n) is 8.61. The van der Waals surface area contributed by atoms with E-state index in [1.165, 1.54) is 0 Å². The lowest BCUT2D eigenvalue weighted by molar-refractivity contribution is 0.363. The van der Waals surface area contributed by atoms with Gasteiger partial charge < -0.3 is 9.42 Å². The molecular weight excluding hydrogens is 354 g/mol. The van der Waals surface area contributed by atoms with Crippen molar-refractivity contribution in [3.05, 3.63) is 47.7 Å². The lowest BCUT2D eigenvalue weighted by Gasteiger charge is -2.38. The molecule has 4 heterocycles. The molecule has 2 aromatic rings. The summed E-state index contributed by atoms with van der Waals surface area (Å²) in [5.41, 5.74) is 2.22. The van der Waals surface area contributed by atoms with Crippen molar-refractivity contribution in [2.24, 2.45) is 4.99 Å². The van der Waals surface area contributed by atoms with Gasteiger partial charge in [-0.1, -0.05) is 24.2 Å². The minimum atomic E-state index is 0.0608. The molecule has 1 saturated carbocycles. The van der Waals surface area contributed by atoms with Gasteiger partial charge in [-0.2, -0.15) is 4.98 Å². The molecule has 132 valence electrons. The predicted octanol–water partition coefficient (Wildman–Crippen LogP) is 2.61. The molecule has 1 aromatic heterocycles. The Morgan fingerprint density at radius 3 is 2.92 bits per heavy atom. The number of aliphatic imine (C=N–C) groups is 1. The maximum Gasteiger partial charge on any atom is 0.345 e. The van der Waals surface area contributed by atoms with E-state index in [9.17, 15) is 0 Å². The average molecular weight is 370 g/mol. The number of anilines is 2. The first-order chi connectivity index (χ1) is 12.6. The van der Waals surface area contributed by atoms with Gasteiger partial charge in [-0.15, -0.1) is 0 Å². The Kier molecular flexibility index (Phi) is 2.61. The predicted molar refractivity (Wildman–Crippen MR) is 96.2 cm³/mol. The zero-order chi connectivity index (χ0) is 17.5. The minimum Gasteiger partial charge on any atom is -0.313 e. The molecular formula is C17H16ClN7O. The maximum absolute atomic E-state index is 6.29. The van der Waals surface area contributed by atoms with Crippen LogP contribution in [0.4, 0.5) is 11.7 Å². The van der Waals surface area contributed by atoms with Gasteiger partial charge in [0.15, 0.2) is 17.5 Å². The number of amidine groups is 1. The van der Waals surface area contributed by atoms with Crippen molar-refractivity contribution in [2.75, 3.05) is 23.2 Å². The van der Waals surface area contributed by atoms with Crippen LogP contribution in [0.25, 0.3) is 0 Å². The van der Waals surface area contributed by atoms with Gasteiger partial charge in [0.25, 0.3) is 0 Å². The molecule has 6 rings (SSSR count). The van der Waals surface area contributed by atoms with Gasteiger partial charge in [0, 0.05) is 22.8 Å². The number of halogens is 1. The molecule has 1 aromatic carbocycles. The molecule has 9 heteroatoms. The monoisotopic (exact) mass is 369 g/mol. The highest BCUT2D eigenvalue weighted by Crippen LogP contribution is 2.47. The summed E-state index contributed by atoms with van der Waals surface area (Å²) in [6.07, 6.45) is 4.10. The van der Waals surface area contributed by atoms with Gasteiger partial charge in [-0.3, -0.25) is 4.42 Å². The Bertz CT molecular complexity index is 979. The van der Waals surface area contributed by atoms with E-state index in [0.29, 0.717) is 19.4 Å². The van der Waals surface area contributed by atoms with Gasteiger partial charge in [0.05, 0.1) is 11.9 Å². The van der Waals surface area contributed by atoms with Crippen molar-refractivity contribution in [1.29, 1.82) is 0 Å². The van der Waals surface area contributed by atoms with E-state index >= 15 is 0 Å². The number of hydrazine groups is 1. The van der Waals surface area contributed by atoms with Crippen LogP contribution in [0.1, 0.15) is 31.2 Å². The average Bonchev–Trinajstić information content (AvgIpc) is 3.05. The molecule has 8 nitrogen and oxygen atoms in total. The van der Waals surface area contributed by atoms with Crippen LogP contribution in [-0.2, 0) is 5.41 Å². The summed E-state index contributed by atoms with van der Waals surface area (Å²) in [5, 5.41) is 8.12. The fourth-order valence-corrected chi connectivity index (χ4v) is 3.84. The molecule has 0 radical (unpaired) electrons. The van der Waals surface area contributed by atoms with Crippen molar-refractivity contribution < 1.29 is 4.52 Å². The van der Waals surface area contributed by atoms with Crippen molar-refractivity contribution >= 4 is 29.3 Å². The molecule has 4 aliphatic rings. The standard InChI is InChI=1S/C17H16ClN7O/c1-17(6-7-17)15-20-16(26-21-15)24-9-19-14-11-4-2-3-5-12(11)23-10-22(18)8-13(23)25(14)24/h2-5,8H,6-7,9-10H2,1H3. The van der Waals surface area contributed by atoms with Gasteiger partial charge in [-0.25, -0.2) is 15.0 Å². The van der Waals surface area contributed by atoms with Gasteiger partial charge in [0.1, 0.15) is 13.3 Å². The van der Waals surface area contributed by atoms with Gasteiger partial charge in [-0.05, 0) is 25.0 Å². The lowest BCUT2D eigenvalue weighted by atomic mass is 10.1. The highest BCUT2D eigenvalue weighted by Gasteiger charge is 2.46. The third-order valence-corrected chi connectivity index (χ3v) is 5.64. The third kappa shape index (κ3) is 1.82. The quantitative estimate of drug-likeness (QED) is 0.754. The van der Waals surface area contributed by atoms with Crippen molar-refractivity contribution in [2.45, 2.75) is 25.2 Å². The zero-order valence-corrected chi connectivity index (χ0v) is 14.9. The van der Waals surface area contributed by atoms with Crippen LogP contribution in [0, 0.1) is 0 Å². The molecule has 3 aliphatic heterocycles. The molecule has 26 heavy (non-hydrogen) atoms. The number of hydrogen-bond acceptors (Lipinski definition) is 8. The number of rotatable bonds is 2. The van der Waals surface area contributed by atoms with Crippen LogP contribution in [0.3, 0.4) is 0 Å². The summed E-state index contributed by atoms with van der Waals surface area (Å²) in [4.78, 5) is 11.5. The van der Waals surface area contributed by atoms with E-state index < -0.39 is 0 Å². The molecule has 0 spiro atoms. The van der Waals surface area contributed by atoms with E-state index in [-0.39, 0.29) is 5.41 Å². The lowest BCUT2D eigenvalue weighted by Crippen LogP contribution is -2.49. The first-order valence-corrected chi connectivity index (χ1v) is 8.95. The highest BCUT2D eigenvalue weighted by molar-refractivity contribution is 6.15. The Labute approximate surface area is 155 Å². The molecule has 0 N–H and O–H groups in total. The van der Waals surface area contributed by atoms with E-state index in [2.05, 4.69) is 34.1 Å². The summed E-state index contributed by atoms with van der Waals surface area (Å²) in [5.74, 6) is 2.56. The van der Waals surface area contributed by atoms with Gasteiger partial charge >= 0.3 is 6.01 Å². The summed E-state index contributed by atoms with van der Waals surface area (Å²) in [6, 6.07) is 8.66. The van der Waals surface area contributed by atoms with E-state index in [4.69, 9.17) is 21.3 Å². The van der Waals surface area contributed by atoms with E-state index in [1.807, 2.05) is 28.4 Å². The summed E-state index contributed by atoms with van der Waals surface area (Å²) >= 11 is 6.29. The number of aromatic nitrogens is 2. The first kappa shape index (κ1) is 14.4. The molecule has 0 atom stereocenters. The van der Waals surface area contributed by atoms with Gasteiger partial charge in [0.2, 0.25) is 0 Å². The fourth-order valence-electron chi connectivity index (χ4n) is 3.64. The fraction of sp³-hybridized carbons (Fsp3) is 0.353. The molecule has 1 fully saturated rings. The highest BCUT2D eigenvalue weighted by atomic mass is 35.5. The van der Waals surface area contributed by atoms with Crippen LogP contribution in [0.2, 0.25) is 0 Å². The van der Waals surface area contributed by atoms with E-state index in [0.717, 1.165) is 41.6 Å². The second-order valence-corrected chi connectivity index (χ2v) is 7.70. The summed E-state index contributed by atoms with van der Waals surface area (Å²) in [6.45, 7) is 3.16. The van der Waals surface area contributed by atoms with Crippen molar-refractivity contribution in [3.8, 4) is 0 Å². The van der Waals surface area contributed by atoms with Crippen LogP contribution in [0.5, 0.6) is 0 Å².